The third-order valence-corrected chi connectivity index (χ3v) is 2.97. The molecule has 0 saturated heterocycles. The van der Waals surface area contributed by atoms with Gasteiger partial charge in [-0.3, -0.25) is 10.1 Å². The van der Waals surface area contributed by atoms with E-state index in [1.165, 1.54) is 24.3 Å². The highest BCUT2D eigenvalue weighted by Crippen LogP contribution is 2.24. The monoisotopic (exact) mass is 299 g/mol. The Hall–Kier alpha value is -2.99. The Morgan fingerprint density at radius 2 is 1.73 bits per heavy atom. The van der Waals surface area contributed by atoms with Crippen LogP contribution in [0.25, 0.3) is 0 Å². The van der Waals surface area contributed by atoms with Gasteiger partial charge in [0.1, 0.15) is 11.9 Å². The standard InChI is InChI=1S/C16H13NO5/c1-11(16(19)22-14-5-3-2-4-6-14)15(18)12-7-9-13(10-8-12)17(20)21/h2-10,15,18H,1H2/t15-/m0/s1. The van der Waals surface area contributed by atoms with Gasteiger partial charge in [-0.15, -0.1) is 0 Å². The van der Waals surface area contributed by atoms with Crippen LogP contribution in [0.15, 0.2) is 66.7 Å². The summed E-state index contributed by atoms with van der Waals surface area (Å²) in [6, 6.07) is 13.6. The molecular weight excluding hydrogens is 286 g/mol. The number of esters is 1. The minimum absolute atomic E-state index is 0.103. The zero-order chi connectivity index (χ0) is 16.1. The molecule has 2 aromatic rings. The lowest BCUT2D eigenvalue weighted by Gasteiger charge is -2.13. The molecule has 6 heteroatoms. The van der Waals surface area contributed by atoms with Gasteiger partial charge in [-0.25, -0.2) is 4.79 Å². The molecule has 0 spiro atoms. The van der Waals surface area contributed by atoms with Gasteiger partial charge in [0.05, 0.1) is 10.5 Å². The van der Waals surface area contributed by atoms with Gasteiger partial charge in [0, 0.05) is 12.1 Å². The molecule has 0 heterocycles. The van der Waals surface area contributed by atoms with E-state index in [9.17, 15) is 20.0 Å². The Kier molecular flexibility index (Phi) is 4.65. The molecule has 0 saturated carbocycles. The van der Waals surface area contributed by atoms with Crippen molar-refractivity contribution in [3.8, 4) is 5.75 Å². The lowest BCUT2D eigenvalue weighted by molar-refractivity contribution is -0.384. The van der Waals surface area contributed by atoms with Crippen molar-refractivity contribution in [1.29, 1.82) is 0 Å². The topological polar surface area (TPSA) is 89.7 Å². The van der Waals surface area contributed by atoms with Gasteiger partial charge in [0.25, 0.3) is 5.69 Å². The van der Waals surface area contributed by atoms with Crippen LogP contribution < -0.4 is 4.74 Å². The van der Waals surface area contributed by atoms with Crippen LogP contribution in [-0.4, -0.2) is 16.0 Å². The maximum absolute atomic E-state index is 11.9. The Balaban J connectivity index is 2.08. The number of carbonyl (C=O) groups is 1. The lowest BCUT2D eigenvalue weighted by Crippen LogP contribution is -2.16. The van der Waals surface area contributed by atoms with Crippen molar-refractivity contribution in [2.75, 3.05) is 0 Å². The summed E-state index contributed by atoms with van der Waals surface area (Å²) < 4.78 is 5.07. The second kappa shape index (κ2) is 6.64. The summed E-state index contributed by atoms with van der Waals surface area (Å²) in [6.45, 7) is 3.53. The van der Waals surface area contributed by atoms with Crippen LogP contribution in [0.3, 0.4) is 0 Å². The number of hydrogen-bond donors (Lipinski definition) is 1. The van der Waals surface area contributed by atoms with E-state index in [0.29, 0.717) is 11.3 Å². The van der Waals surface area contributed by atoms with Gasteiger partial charge in [0.2, 0.25) is 0 Å². The van der Waals surface area contributed by atoms with Crippen LogP contribution in [0.5, 0.6) is 5.75 Å². The van der Waals surface area contributed by atoms with E-state index in [0.717, 1.165) is 0 Å². The number of non-ortho nitro benzene ring substituents is 1. The molecule has 2 aromatic carbocycles. The van der Waals surface area contributed by atoms with Crippen LogP contribution in [0.1, 0.15) is 11.7 Å². The Labute approximate surface area is 126 Å². The fourth-order valence-corrected chi connectivity index (χ4v) is 1.75. The second-order valence-corrected chi connectivity index (χ2v) is 4.48. The van der Waals surface area contributed by atoms with E-state index in [1.807, 2.05) is 0 Å². The molecule has 0 amide bonds. The number of para-hydroxylation sites is 1. The van der Waals surface area contributed by atoms with Crippen LogP contribution in [-0.2, 0) is 4.79 Å². The highest BCUT2D eigenvalue weighted by atomic mass is 16.6. The number of nitro benzene ring substituents is 1. The van der Waals surface area contributed by atoms with E-state index < -0.39 is 17.0 Å². The maximum atomic E-state index is 11.9. The first kappa shape index (κ1) is 15.4. The molecule has 1 N–H and O–H groups in total. The normalized spacial score (nSPS) is 11.5. The van der Waals surface area contributed by atoms with Gasteiger partial charge >= 0.3 is 5.97 Å². The van der Waals surface area contributed by atoms with Crippen molar-refractivity contribution in [1.82, 2.24) is 0 Å². The first-order valence-corrected chi connectivity index (χ1v) is 6.37. The van der Waals surface area contributed by atoms with Crippen molar-refractivity contribution >= 4 is 11.7 Å². The zero-order valence-electron chi connectivity index (χ0n) is 11.5. The third kappa shape index (κ3) is 3.56. The van der Waals surface area contributed by atoms with Crippen LogP contribution >= 0.6 is 0 Å². The van der Waals surface area contributed by atoms with E-state index >= 15 is 0 Å². The highest BCUT2D eigenvalue weighted by molar-refractivity contribution is 5.90. The predicted molar refractivity (Wildman–Crippen MR) is 79.3 cm³/mol. The Morgan fingerprint density at radius 3 is 2.27 bits per heavy atom. The zero-order valence-corrected chi connectivity index (χ0v) is 11.5. The van der Waals surface area contributed by atoms with Crippen molar-refractivity contribution < 1.29 is 19.6 Å². The van der Waals surface area contributed by atoms with Gasteiger partial charge < -0.3 is 9.84 Å². The number of ether oxygens (including phenoxy) is 1. The molecule has 0 fully saturated rings. The van der Waals surface area contributed by atoms with E-state index in [4.69, 9.17) is 4.74 Å². The first-order chi connectivity index (χ1) is 10.5. The Bertz CT molecular complexity index is 694. The molecule has 0 bridgehead atoms. The summed E-state index contributed by atoms with van der Waals surface area (Å²) in [6.07, 6.45) is -1.29. The number of nitrogens with zero attached hydrogens (tertiary/aromatic N) is 1. The average molecular weight is 299 g/mol. The molecule has 0 radical (unpaired) electrons. The van der Waals surface area contributed by atoms with Crippen LogP contribution in [0.4, 0.5) is 5.69 Å². The van der Waals surface area contributed by atoms with E-state index in [1.54, 1.807) is 30.3 Å². The number of hydrogen-bond acceptors (Lipinski definition) is 5. The lowest BCUT2D eigenvalue weighted by atomic mass is 10.0. The summed E-state index contributed by atoms with van der Waals surface area (Å²) in [5.74, 6) is -0.429. The Morgan fingerprint density at radius 1 is 1.14 bits per heavy atom. The quantitative estimate of drug-likeness (QED) is 0.301. The molecule has 0 unspecified atom stereocenters. The fourth-order valence-electron chi connectivity index (χ4n) is 1.75. The molecular formula is C16H13NO5. The molecule has 22 heavy (non-hydrogen) atoms. The molecule has 0 aliphatic rings. The average Bonchev–Trinajstić information content (AvgIpc) is 2.54. The summed E-state index contributed by atoms with van der Waals surface area (Å²) >= 11 is 0. The number of aliphatic hydroxyl groups excluding tert-OH is 1. The maximum Gasteiger partial charge on any atom is 0.341 e. The highest BCUT2D eigenvalue weighted by Gasteiger charge is 2.21. The fraction of sp³-hybridized carbons (Fsp3) is 0.0625. The first-order valence-electron chi connectivity index (χ1n) is 6.37. The molecule has 2 rings (SSSR count). The van der Waals surface area contributed by atoms with Crippen molar-refractivity contribution in [2.45, 2.75) is 6.10 Å². The molecule has 0 aromatic heterocycles. The largest absolute Gasteiger partial charge is 0.423 e. The number of benzene rings is 2. The summed E-state index contributed by atoms with van der Waals surface area (Å²) in [5, 5.41) is 20.7. The van der Waals surface area contributed by atoms with Crippen molar-refractivity contribution in [2.24, 2.45) is 0 Å². The molecule has 1 atom stereocenters. The SMILES string of the molecule is C=C(C(=O)Oc1ccccc1)[C@H](O)c1ccc([N+](=O)[O-])cc1. The second-order valence-electron chi connectivity index (χ2n) is 4.48. The number of carbonyl (C=O) groups excluding carboxylic acids is 1. The van der Waals surface area contributed by atoms with Crippen LogP contribution in [0.2, 0.25) is 0 Å². The molecule has 0 aliphatic heterocycles. The predicted octanol–water partition coefficient (Wildman–Crippen LogP) is 2.79. The molecule has 6 nitrogen and oxygen atoms in total. The van der Waals surface area contributed by atoms with E-state index in [2.05, 4.69) is 6.58 Å². The minimum atomic E-state index is -1.29. The summed E-state index contributed by atoms with van der Waals surface area (Å²) in [4.78, 5) is 21.9. The third-order valence-electron chi connectivity index (χ3n) is 2.97. The molecule has 0 aliphatic carbocycles. The summed E-state index contributed by atoms with van der Waals surface area (Å²) in [5.41, 5.74) is 0.0618. The van der Waals surface area contributed by atoms with Gasteiger partial charge in [-0.05, 0) is 29.8 Å². The molecule has 112 valence electrons. The van der Waals surface area contributed by atoms with Crippen molar-refractivity contribution in [3.05, 3.63) is 82.4 Å². The van der Waals surface area contributed by atoms with Crippen LogP contribution in [0, 0.1) is 10.1 Å². The van der Waals surface area contributed by atoms with Gasteiger partial charge in [0.15, 0.2) is 0 Å². The number of rotatable bonds is 5. The van der Waals surface area contributed by atoms with E-state index in [-0.39, 0.29) is 11.3 Å². The smallest absolute Gasteiger partial charge is 0.341 e. The van der Waals surface area contributed by atoms with Gasteiger partial charge in [-0.2, -0.15) is 0 Å². The van der Waals surface area contributed by atoms with Crippen molar-refractivity contribution in [3.63, 3.8) is 0 Å². The number of nitro groups is 1. The van der Waals surface area contributed by atoms with Gasteiger partial charge in [-0.1, -0.05) is 24.8 Å². The number of aliphatic hydroxyl groups is 1. The minimum Gasteiger partial charge on any atom is -0.423 e. The summed E-state index contributed by atoms with van der Waals surface area (Å²) in [7, 11) is 0.